The lowest BCUT2D eigenvalue weighted by molar-refractivity contribution is -0.116. The van der Waals surface area contributed by atoms with Crippen molar-refractivity contribution in [3.8, 4) is 5.75 Å². The molecule has 1 amide bonds. The van der Waals surface area contributed by atoms with E-state index in [9.17, 15) is 14.4 Å². The van der Waals surface area contributed by atoms with Gasteiger partial charge in [-0.2, -0.15) is 0 Å². The molecule has 2 N–H and O–H groups in total. The molecule has 0 aliphatic carbocycles. The predicted molar refractivity (Wildman–Crippen MR) is 137 cm³/mol. The Balaban J connectivity index is 1.77. The van der Waals surface area contributed by atoms with Crippen LogP contribution in [0.1, 0.15) is 46.6 Å². The maximum absolute atomic E-state index is 12.5. The monoisotopic (exact) mass is 528 g/mol. The predicted octanol–water partition coefficient (Wildman–Crippen LogP) is 3.60. The summed E-state index contributed by atoms with van der Waals surface area (Å²) in [6.07, 6.45) is 2.57. The molecule has 11 nitrogen and oxygen atoms in total. The van der Waals surface area contributed by atoms with Crippen LogP contribution < -0.4 is 16.3 Å². The number of aryl methyl sites for hydroxylation is 2. The van der Waals surface area contributed by atoms with Crippen LogP contribution in [0.2, 0.25) is 0 Å². The van der Waals surface area contributed by atoms with E-state index in [0.717, 1.165) is 4.91 Å². The first kappa shape index (κ1) is 27.5. The van der Waals surface area contributed by atoms with Gasteiger partial charge in [-0.05, 0) is 45.0 Å². The van der Waals surface area contributed by atoms with E-state index in [2.05, 4.69) is 9.97 Å². The van der Waals surface area contributed by atoms with Crippen molar-refractivity contribution in [2.24, 2.45) is 0 Å². The molecule has 0 aliphatic rings. The van der Waals surface area contributed by atoms with E-state index in [1.807, 2.05) is 0 Å². The fourth-order valence-corrected chi connectivity index (χ4v) is 4.40. The standard InChI is InChI=1S/C25H28N4O7S/c1-15(29(14-30)12-19-11-27-17(3)28-23(19)26)22(37-13-21-16(2)35-25(32)36-21)9-10-34-24(31)18-5-7-20(33-4)8-6-18/h5-8,11,14H,9-10,12-13H2,1-4H3,(H2,26,27,28)/b22-15-. The first-order valence-electron chi connectivity index (χ1n) is 11.2. The van der Waals surface area contributed by atoms with E-state index in [1.54, 1.807) is 58.3 Å². The first-order chi connectivity index (χ1) is 17.7. The molecule has 0 spiro atoms. The van der Waals surface area contributed by atoms with Crippen LogP contribution in [0, 0.1) is 13.8 Å². The minimum Gasteiger partial charge on any atom is -0.497 e. The molecule has 0 saturated heterocycles. The normalized spacial score (nSPS) is 11.6. The molecule has 0 unspecified atom stereocenters. The van der Waals surface area contributed by atoms with Crippen molar-refractivity contribution in [1.82, 2.24) is 14.9 Å². The number of nitrogen functional groups attached to an aromatic ring is 1. The number of methoxy groups -OCH3 is 1. The molecule has 0 fully saturated rings. The number of aromatic nitrogens is 2. The molecule has 196 valence electrons. The summed E-state index contributed by atoms with van der Waals surface area (Å²) in [5.74, 6) is 1.19. The van der Waals surface area contributed by atoms with Gasteiger partial charge in [0.15, 0.2) is 5.76 Å². The van der Waals surface area contributed by atoms with Crippen LogP contribution in [0.3, 0.4) is 0 Å². The van der Waals surface area contributed by atoms with Crippen LogP contribution in [-0.2, 0) is 21.8 Å². The lowest BCUT2D eigenvalue weighted by Gasteiger charge is -2.22. The summed E-state index contributed by atoms with van der Waals surface area (Å²) < 4.78 is 20.6. The summed E-state index contributed by atoms with van der Waals surface area (Å²) in [6.45, 7) is 5.33. The molecule has 2 aromatic heterocycles. The summed E-state index contributed by atoms with van der Waals surface area (Å²) in [6, 6.07) is 6.57. The number of rotatable bonds is 12. The van der Waals surface area contributed by atoms with Gasteiger partial charge in [0.25, 0.3) is 0 Å². The second kappa shape index (κ2) is 12.8. The number of nitrogens with two attached hydrogens (primary N) is 1. The molecule has 0 bridgehead atoms. The molecular formula is C25H28N4O7S. The molecule has 1 aromatic carbocycles. The SMILES string of the molecule is COc1ccc(C(=O)OCC/C(SCc2oc(=O)oc2C)=C(\C)N(C=O)Cc2cnc(C)nc2N)cc1. The van der Waals surface area contributed by atoms with Crippen molar-refractivity contribution in [3.63, 3.8) is 0 Å². The van der Waals surface area contributed by atoms with Gasteiger partial charge in [-0.25, -0.2) is 19.6 Å². The highest BCUT2D eigenvalue weighted by molar-refractivity contribution is 8.02. The molecule has 12 heteroatoms. The smallest absolute Gasteiger partial charge is 0.497 e. The minimum absolute atomic E-state index is 0.0569. The number of ether oxygens (including phenoxy) is 2. The Kier molecular flexibility index (Phi) is 9.50. The third kappa shape index (κ3) is 7.46. The average Bonchev–Trinajstić information content (AvgIpc) is 3.21. The number of hydrogen-bond donors (Lipinski definition) is 1. The Hall–Kier alpha value is -4.06. The molecule has 37 heavy (non-hydrogen) atoms. The number of anilines is 1. The lowest BCUT2D eigenvalue weighted by Crippen LogP contribution is -2.22. The topological polar surface area (TPSA) is 151 Å². The number of nitrogens with zero attached hydrogens (tertiary/aromatic N) is 3. The Morgan fingerprint density at radius 2 is 1.95 bits per heavy atom. The quantitative estimate of drug-likeness (QED) is 0.271. The molecule has 0 radical (unpaired) electrons. The van der Waals surface area contributed by atoms with Gasteiger partial charge in [0.05, 0.1) is 31.6 Å². The number of thioether (sulfide) groups is 1. The van der Waals surface area contributed by atoms with Crippen LogP contribution in [0.25, 0.3) is 0 Å². The third-order valence-electron chi connectivity index (χ3n) is 5.42. The number of carbonyl (C=O) groups is 2. The zero-order chi connectivity index (χ0) is 26.9. The number of esters is 1. The van der Waals surface area contributed by atoms with Gasteiger partial charge in [-0.15, -0.1) is 11.8 Å². The van der Waals surface area contributed by atoms with Gasteiger partial charge in [-0.1, -0.05) is 0 Å². The van der Waals surface area contributed by atoms with Gasteiger partial charge in [0.1, 0.15) is 23.2 Å². The van der Waals surface area contributed by atoms with Crippen molar-refractivity contribution in [3.05, 3.63) is 80.2 Å². The third-order valence-corrected chi connectivity index (χ3v) is 6.68. The summed E-state index contributed by atoms with van der Waals surface area (Å²) in [5.41, 5.74) is 7.60. The van der Waals surface area contributed by atoms with Crippen LogP contribution in [0.4, 0.5) is 5.82 Å². The molecule has 0 atom stereocenters. The van der Waals surface area contributed by atoms with Gasteiger partial charge in [0, 0.05) is 28.8 Å². The molecular weight excluding hydrogens is 500 g/mol. The Bertz CT molecular complexity index is 1330. The highest BCUT2D eigenvalue weighted by Crippen LogP contribution is 2.30. The fourth-order valence-electron chi connectivity index (χ4n) is 3.28. The van der Waals surface area contributed by atoms with Crippen molar-refractivity contribution < 1.29 is 27.9 Å². The average molecular weight is 529 g/mol. The summed E-state index contributed by atoms with van der Waals surface area (Å²) >= 11 is 1.34. The van der Waals surface area contributed by atoms with Crippen LogP contribution >= 0.6 is 11.8 Å². The first-order valence-corrected chi connectivity index (χ1v) is 12.2. The van der Waals surface area contributed by atoms with Crippen molar-refractivity contribution in [2.45, 2.75) is 39.5 Å². The van der Waals surface area contributed by atoms with E-state index in [0.29, 0.717) is 52.7 Å². The Labute approximate surface area is 217 Å². The van der Waals surface area contributed by atoms with Crippen molar-refractivity contribution in [1.29, 1.82) is 0 Å². The number of benzene rings is 1. The zero-order valence-electron chi connectivity index (χ0n) is 21.0. The maximum atomic E-state index is 12.5. The maximum Gasteiger partial charge on any atom is 0.519 e. The highest BCUT2D eigenvalue weighted by atomic mass is 32.2. The molecule has 3 rings (SSSR count). The van der Waals surface area contributed by atoms with Gasteiger partial charge in [0.2, 0.25) is 6.41 Å². The lowest BCUT2D eigenvalue weighted by atomic mass is 10.2. The van der Waals surface area contributed by atoms with Gasteiger partial charge < -0.3 is 28.9 Å². The summed E-state index contributed by atoms with van der Waals surface area (Å²) in [4.78, 5) is 46.4. The number of hydrogen-bond acceptors (Lipinski definition) is 11. The van der Waals surface area contributed by atoms with Crippen molar-refractivity contribution >= 4 is 30.0 Å². The van der Waals surface area contributed by atoms with Gasteiger partial charge in [-0.3, -0.25) is 4.79 Å². The van der Waals surface area contributed by atoms with E-state index >= 15 is 0 Å². The minimum atomic E-state index is -0.784. The number of carbonyl (C=O) groups excluding carboxylic acids is 2. The Morgan fingerprint density at radius 3 is 2.54 bits per heavy atom. The second-order valence-corrected chi connectivity index (χ2v) is 8.98. The van der Waals surface area contributed by atoms with E-state index in [1.165, 1.54) is 16.7 Å². The van der Waals surface area contributed by atoms with E-state index in [4.69, 9.17) is 24.0 Å². The summed E-state index contributed by atoms with van der Waals surface area (Å²) in [5, 5.41) is 0. The van der Waals surface area contributed by atoms with Crippen LogP contribution in [0.15, 0.2) is 54.7 Å². The molecule has 3 aromatic rings. The fraction of sp³-hybridized carbons (Fsp3) is 0.320. The Morgan fingerprint density at radius 1 is 1.22 bits per heavy atom. The van der Waals surface area contributed by atoms with Crippen LogP contribution in [0.5, 0.6) is 5.75 Å². The van der Waals surface area contributed by atoms with Gasteiger partial charge >= 0.3 is 11.8 Å². The summed E-state index contributed by atoms with van der Waals surface area (Å²) in [7, 11) is 1.54. The molecule has 0 aliphatic heterocycles. The van der Waals surface area contributed by atoms with Crippen LogP contribution in [-0.4, -0.2) is 41.0 Å². The highest BCUT2D eigenvalue weighted by Gasteiger charge is 2.17. The molecule has 0 saturated carbocycles. The van der Waals surface area contributed by atoms with Crippen molar-refractivity contribution in [2.75, 3.05) is 19.5 Å². The second-order valence-electron chi connectivity index (χ2n) is 7.91. The molecule has 2 heterocycles. The number of amides is 1. The zero-order valence-corrected chi connectivity index (χ0v) is 21.8. The van der Waals surface area contributed by atoms with E-state index < -0.39 is 11.8 Å². The van der Waals surface area contributed by atoms with E-state index in [-0.39, 0.29) is 24.7 Å². The largest absolute Gasteiger partial charge is 0.519 e. The number of allylic oxidation sites excluding steroid dienone is 1.